The summed E-state index contributed by atoms with van der Waals surface area (Å²) in [5, 5.41) is 0. The monoisotopic (exact) mass is 275 g/mol. The van der Waals surface area contributed by atoms with Crippen molar-refractivity contribution in [2.45, 2.75) is 32.2 Å². The van der Waals surface area contributed by atoms with E-state index >= 15 is 0 Å². The van der Waals surface area contributed by atoms with Crippen molar-refractivity contribution in [2.75, 3.05) is 25.6 Å². The molecule has 1 aliphatic heterocycles. The Kier molecular flexibility index (Phi) is 3.78. The lowest BCUT2D eigenvalue weighted by Crippen LogP contribution is -2.22. The molecule has 108 valence electrons. The summed E-state index contributed by atoms with van der Waals surface area (Å²) < 4.78 is 13.4. The molecule has 1 atom stereocenters. The summed E-state index contributed by atoms with van der Waals surface area (Å²) >= 11 is 0. The van der Waals surface area contributed by atoms with Gasteiger partial charge >= 0.3 is 0 Å². The molecule has 1 fully saturated rings. The minimum absolute atomic E-state index is 0.273. The highest BCUT2D eigenvalue weighted by Crippen LogP contribution is 2.32. The van der Waals surface area contributed by atoms with Crippen LogP contribution in [0.5, 0.6) is 5.75 Å². The second kappa shape index (κ2) is 5.71. The number of benzene rings is 1. The topological polar surface area (TPSA) is 62.3 Å². The van der Waals surface area contributed by atoms with E-state index in [2.05, 4.69) is 16.5 Å². The molecule has 2 heterocycles. The number of anilines is 1. The predicted octanol–water partition coefficient (Wildman–Crippen LogP) is 2.76. The molecule has 20 heavy (non-hydrogen) atoms. The zero-order chi connectivity index (χ0) is 13.9. The zero-order valence-electron chi connectivity index (χ0n) is 11.8. The van der Waals surface area contributed by atoms with Gasteiger partial charge in [-0.05, 0) is 31.4 Å². The molecule has 5 nitrogen and oxygen atoms in total. The van der Waals surface area contributed by atoms with Crippen molar-refractivity contribution in [2.24, 2.45) is 0 Å². The number of hydrogen-bond donors (Lipinski definition) is 1. The number of ether oxygens (including phenoxy) is 2. The van der Waals surface area contributed by atoms with E-state index in [0.717, 1.165) is 42.7 Å². The number of fused-ring (bicyclic) bond motifs is 1. The SMILES string of the molecule is CCCOc1cccc2c1nc(N)n2C1CCCOC1. The minimum atomic E-state index is 0.273. The molecule has 1 aliphatic rings. The van der Waals surface area contributed by atoms with E-state index in [1.54, 1.807) is 0 Å². The predicted molar refractivity (Wildman–Crippen MR) is 79.0 cm³/mol. The molecule has 0 radical (unpaired) electrons. The Balaban J connectivity index is 2.02. The Hall–Kier alpha value is -1.75. The summed E-state index contributed by atoms with van der Waals surface area (Å²) in [6.45, 7) is 4.33. The van der Waals surface area contributed by atoms with Gasteiger partial charge < -0.3 is 19.8 Å². The lowest BCUT2D eigenvalue weighted by molar-refractivity contribution is 0.0611. The van der Waals surface area contributed by atoms with Crippen LogP contribution in [0.2, 0.25) is 0 Å². The normalized spacial score (nSPS) is 19.4. The number of aromatic nitrogens is 2. The molecule has 1 aromatic carbocycles. The molecule has 0 saturated carbocycles. The van der Waals surface area contributed by atoms with Crippen LogP contribution in [-0.4, -0.2) is 29.4 Å². The first-order chi connectivity index (χ1) is 9.81. The molecule has 5 heteroatoms. The van der Waals surface area contributed by atoms with E-state index < -0.39 is 0 Å². The number of imidazole rings is 1. The number of para-hydroxylation sites is 1. The second-order valence-corrected chi connectivity index (χ2v) is 5.18. The summed E-state index contributed by atoms with van der Waals surface area (Å²) in [6.07, 6.45) is 3.12. The van der Waals surface area contributed by atoms with E-state index in [4.69, 9.17) is 15.2 Å². The number of rotatable bonds is 4. The number of nitrogen functional groups attached to an aromatic ring is 1. The van der Waals surface area contributed by atoms with E-state index in [-0.39, 0.29) is 6.04 Å². The Labute approximate surface area is 118 Å². The van der Waals surface area contributed by atoms with Gasteiger partial charge in [0.2, 0.25) is 5.95 Å². The molecule has 2 N–H and O–H groups in total. The van der Waals surface area contributed by atoms with Gasteiger partial charge in [-0.15, -0.1) is 0 Å². The van der Waals surface area contributed by atoms with E-state index in [0.29, 0.717) is 19.2 Å². The first kappa shape index (κ1) is 13.2. The fourth-order valence-electron chi connectivity index (χ4n) is 2.75. The van der Waals surface area contributed by atoms with Gasteiger partial charge in [0.1, 0.15) is 11.3 Å². The maximum Gasteiger partial charge on any atom is 0.201 e. The van der Waals surface area contributed by atoms with E-state index in [1.165, 1.54) is 0 Å². The Bertz CT molecular complexity index is 588. The van der Waals surface area contributed by atoms with Gasteiger partial charge in [0.25, 0.3) is 0 Å². The highest BCUT2D eigenvalue weighted by atomic mass is 16.5. The zero-order valence-corrected chi connectivity index (χ0v) is 11.8. The molecule has 1 aromatic heterocycles. The maximum absolute atomic E-state index is 6.12. The molecule has 2 aromatic rings. The summed E-state index contributed by atoms with van der Waals surface area (Å²) in [5.74, 6) is 1.36. The van der Waals surface area contributed by atoms with Crippen LogP contribution in [0, 0.1) is 0 Å². The van der Waals surface area contributed by atoms with Crippen LogP contribution in [-0.2, 0) is 4.74 Å². The van der Waals surface area contributed by atoms with Crippen molar-refractivity contribution in [3.63, 3.8) is 0 Å². The molecular weight excluding hydrogens is 254 g/mol. The lowest BCUT2D eigenvalue weighted by Gasteiger charge is -2.24. The molecule has 1 unspecified atom stereocenters. The molecule has 0 amide bonds. The van der Waals surface area contributed by atoms with Gasteiger partial charge in [0, 0.05) is 6.61 Å². The van der Waals surface area contributed by atoms with Crippen LogP contribution >= 0.6 is 0 Å². The second-order valence-electron chi connectivity index (χ2n) is 5.18. The largest absolute Gasteiger partial charge is 0.491 e. The molecule has 1 saturated heterocycles. The first-order valence-corrected chi connectivity index (χ1v) is 7.28. The average Bonchev–Trinajstić information content (AvgIpc) is 2.82. The fourth-order valence-corrected chi connectivity index (χ4v) is 2.75. The van der Waals surface area contributed by atoms with Gasteiger partial charge in [-0.1, -0.05) is 13.0 Å². The van der Waals surface area contributed by atoms with Crippen LogP contribution in [0.4, 0.5) is 5.95 Å². The molecule has 0 spiro atoms. The Morgan fingerprint density at radius 2 is 2.40 bits per heavy atom. The van der Waals surface area contributed by atoms with Crippen molar-refractivity contribution in [3.8, 4) is 5.75 Å². The maximum atomic E-state index is 6.12. The third kappa shape index (κ3) is 2.33. The summed E-state index contributed by atoms with van der Waals surface area (Å²) in [5.41, 5.74) is 8.01. The minimum Gasteiger partial charge on any atom is -0.491 e. The highest BCUT2D eigenvalue weighted by Gasteiger charge is 2.22. The third-order valence-electron chi connectivity index (χ3n) is 3.67. The van der Waals surface area contributed by atoms with Crippen molar-refractivity contribution < 1.29 is 9.47 Å². The van der Waals surface area contributed by atoms with Gasteiger partial charge in [-0.3, -0.25) is 0 Å². The first-order valence-electron chi connectivity index (χ1n) is 7.28. The number of nitrogens with zero attached hydrogens (tertiary/aromatic N) is 2. The number of nitrogens with two attached hydrogens (primary N) is 1. The quantitative estimate of drug-likeness (QED) is 0.932. The average molecular weight is 275 g/mol. The molecule has 0 aliphatic carbocycles. The van der Waals surface area contributed by atoms with Crippen molar-refractivity contribution in [1.82, 2.24) is 9.55 Å². The Morgan fingerprint density at radius 1 is 1.50 bits per heavy atom. The van der Waals surface area contributed by atoms with Gasteiger partial charge in [0.05, 0.1) is 24.8 Å². The van der Waals surface area contributed by atoms with Crippen LogP contribution in [0.25, 0.3) is 11.0 Å². The molecule has 0 bridgehead atoms. The van der Waals surface area contributed by atoms with Crippen LogP contribution in [0.3, 0.4) is 0 Å². The molecular formula is C15H21N3O2. The third-order valence-corrected chi connectivity index (χ3v) is 3.67. The van der Waals surface area contributed by atoms with Crippen LogP contribution in [0.1, 0.15) is 32.2 Å². The summed E-state index contributed by atoms with van der Waals surface area (Å²) in [4.78, 5) is 4.50. The fraction of sp³-hybridized carbons (Fsp3) is 0.533. The van der Waals surface area contributed by atoms with E-state index in [9.17, 15) is 0 Å². The van der Waals surface area contributed by atoms with Gasteiger partial charge in [-0.25, -0.2) is 4.98 Å². The van der Waals surface area contributed by atoms with Crippen molar-refractivity contribution >= 4 is 17.0 Å². The van der Waals surface area contributed by atoms with Gasteiger partial charge in [-0.2, -0.15) is 0 Å². The summed E-state index contributed by atoms with van der Waals surface area (Å²) in [7, 11) is 0. The van der Waals surface area contributed by atoms with Crippen molar-refractivity contribution in [3.05, 3.63) is 18.2 Å². The van der Waals surface area contributed by atoms with Crippen LogP contribution < -0.4 is 10.5 Å². The Morgan fingerprint density at radius 3 is 3.15 bits per heavy atom. The lowest BCUT2D eigenvalue weighted by atomic mass is 10.1. The van der Waals surface area contributed by atoms with Crippen LogP contribution in [0.15, 0.2) is 18.2 Å². The smallest absolute Gasteiger partial charge is 0.201 e. The van der Waals surface area contributed by atoms with Crippen molar-refractivity contribution in [1.29, 1.82) is 0 Å². The molecule has 3 rings (SSSR count). The van der Waals surface area contributed by atoms with Gasteiger partial charge in [0.15, 0.2) is 0 Å². The summed E-state index contributed by atoms with van der Waals surface area (Å²) in [6, 6.07) is 6.27. The standard InChI is InChI=1S/C15H21N3O2/c1-2-8-20-13-7-3-6-12-14(13)17-15(16)18(12)11-5-4-9-19-10-11/h3,6-7,11H,2,4-5,8-10H2,1H3,(H2,16,17). The highest BCUT2D eigenvalue weighted by molar-refractivity contribution is 5.84. The number of hydrogen-bond acceptors (Lipinski definition) is 4. The van der Waals surface area contributed by atoms with E-state index in [1.807, 2.05) is 18.2 Å².